The van der Waals surface area contributed by atoms with Gasteiger partial charge >= 0.3 is 0 Å². The van der Waals surface area contributed by atoms with Gasteiger partial charge in [-0.15, -0.1) is 0 Å². The van der Waals surface area contributed by atoms with Gasteiger partial charge in [0.05, 0.1) is 0 Å². The Kier molecular flexibility index (Phi) is 2.83. The lowest BCUT2D eigenvalue weighted by molar-refractivity contribution is 0.432. The van der Waals surface area contributed by atoms with Gasteiger partial charge in [-0.25, -0.2) is 0 Å². The molecule has 17 heavy (non-hydrogen) atoms. The van der Waals surface area contributed by atoms with Crippen LogP contribution in [-0.2, 0) is 0 Å². The van der Waals surface area contributed by atoms with E-state index in [4.69, 9.17) is 0 Å². The van der Waals surface area contributed by atoms with Crippen molar-refractivity contribution < 1.29 is 0 Å². The van der Waals surface area contributed by atoms with E-state index in [1.165, 1.54) is 21.9 Å². The minimum absolute atomic E-state index is 0.439. The van der Waals surface area contributed by atoms with Crippen molar-refractivity contribution in [1.29, 1.82) is 0 Å². The first-order valence-electron chi connectivity index (χ1n) is 6.28. The van der Waals surface area contributed by atoms with Crippen molar-refractivity contribution in [3.63, 3.8) is 0 Å². The van der Waals surface area contributed by atoms with Gasteiger partial charge in [-0.05, 0) is 28.8 Å². The van der Waals surface area contributed by atoms with Gasteiger partial charge < -0.3 is 10.6 Å². The summed E-state index contributed by atoms with van der Waals surface area (Å²) in [6, 6.07) is 13.6. The summed E-state index contributed by atoms with van der Waals surface area (Å²) in [5.74, 6) is 0. The van der Waals surface area contributed by atoms with Gasteiger partial charge in [0, 0.05) is 25.7 Å². The third kappa shape index (κ3) is 1.94. The summed E-state index contributed by atoms with van der Waals surface area (Å²) in [6.07, 6.45) is 0. The molecule has 0 amide bonds. The maximum Gasteiger partial charge on any atom is 0.0453 e. The predicted octanol–water partition coefficient (Wildman–Crippen LogP) is 2.38. The van der Waals surface area contributed by atoms with E-state index in [9.17, 15) is 0 Å². The van der Waals surface area contributed by atoms with Crippen molar-refractivity contribution in [2.75, 3.05) is 19.6 Å². The molecule has 2 aromatic carbocycles. The number of aryl methyl sites for hydroxylation is 1. The summed E-state index contributed by atoms with van der Waals surface area (Å²) in [5.41, 5.74) is 2.77. The van der Waals surface area contributed by atoms with Crippen LogP contribution in [-0.4, -0.2) is 19.6 Å². The van der Waals surface area contributed by atoms with E-state index in [1.54, 1.807) is 0 Å². The lowest BCUT2D eigenvalue weighted by atomic mass is 9.95. The molecule has 0 spiro atoms. The summed E-state index contributed by atoms with van der Waals surface area (Å²) in [5, 5.41) is 9.79. The zero-order chi connectivity index (χ0) is 11.7. The van der Waals surface area contributed by atoms with E-state index < -0.39 is 0 Å². The predicted molar refractivity (Wildman–Crippen MR) is 72.3 cm³/mol. The highest BCUT2D eigenvalue weighted by atomic mass is 15.1. The van der Waals surface area contributed by atoms with Crippen molar-refractivity contribution in [2.45, 2.75) is 13.0 Å². The summed E-state index contributed by atoms with van der Waals surface area (Å²) in [6.45, 7) is 5.32. The van der Waals surface area contributed by atoms with Crippen LogP contribution >= 0.6 is 0 Å². The second-order valence-electron chi connectivity index (χ2n) is 4.73. The number of piperazine rings is 1. The third-order valence-electron chi connectivity index (χ3n) is 3.59. The Morgan fingerprint density at radius 1 is 1.00 bits per heavy atom. The maximum atomic E-state index is 3.58. The van der Waals surface area contributed by atoms with Gasteiger partial charge in [-0.1, -0.05) is 36.4 Å². The fourth-order valence-corrected chi connectivity index (χ4v) is 2.65. The van der Waals surface area contributed by atoms with Crippen LogP contribution in [0.15, 0.2) is 36.4 Å². The Morgan fingerprint density at radius 2 is 1.82 bits per heavy atom. The second kappa shape index (κ2) is 4.47. The number of fused-ring (bicyclic) bond motifs is 1. The molecule has 1 aliphatic heterocycles. The van der Waals surface area contributed by atoms with Gasteiger partial charge in [0.25, 0.3) is 0 Å². The molecule has 0 radical (unpaired) electrons. The van der Waals surface area contributed by atoms with Gasteiger partial charge in [0.2, 0.25) is 0 Å². The molecule has 0 unspecified atom stereocenters. The smallest absolute Gasteiger partial charge is 0.0453 e. The summed E-state index contributed by atoms with van der Waals surface area (Å²) < 4.78 is 0. The number of rotatable bonds is 1. The Labute approximate surface area is 102 Å². The van der Waals surface area contributed by atoms with E-state index in [2.05, 4.69) is 54.0 Å². The standard InChI is InChI=1S/C15H18N2/c1-11-6-7-14(15-10-16-8-9-17-15)13-5-3-2-4-12(11)13/h2-7,15-17H,8-10H2,1H3/t15-/m1/s1. The average molecular weight is 226 g/mol. The molecule has 3 rings (SSSR count). The molecule has 0 aromatic heterocycles. The minimum atomic E-state index is 0.439. The molecule has 2 N–H and O–H groups in total. The topological polar surface area (TPSA) is 24.1 Å². The van der Waals surface area contributed by atoms with Crippen molar-refractivity contribution in [3.05, 3.63) is 47.5 Å². The Hall–Kier alpha value is -1.38. The molecule has 1 heterocycles. The Bertz CT molecular complexity index is 527. The minimum Gasteiger partial charge on any atom is -0.314 e. The van der Waals surface area contributed by atoms with Gasteiger partial charge in [-0.3, -0.25) is 0 Å². The molecule has 1 atom stereocenters. The summed E-state index contributed by atoms with van der Waals surface area (Å²) in [7, 11) is 0. The number of nitrogens with one attached hydrogen (secondary N) is 2. The van der Waals surface area contributed by atoms with E-state index in [0.717, 1.165) is 19.6 Å². The molecule has 88 valence electrons. The van der Waals surface area contributed by atoms with Gasteiger partial charge in [0.15, 0.2) is 0 Å². The van der Waals surface area contributed by atoms with Crippen LogP contribution in [0.5, 0.6) is 0 Å². The van der Waals surface area contributed by atoms with Crippen LogP contribution in [0.3, 0.4) is 0 Å². The molecule has 1 aliphatic rings. The van der Waals surface area contributed by atoms with Crippen LogP contribution in [0, 0.1) is 6.92 Å². The van der Waals surface area contributed by atoms with E-state index in [-0.39, 0.29) is 0 Å². The van der Waals surface area contributed by atoms with Crippen LogP contribution in [0.2, 0.25) is 0 Å². The molecule has 2 aromatic rings. The number of hydrogen-bond donors (Lipinski definition) is 2. The highest BCUT2D eigenvalue weighted by Gasteiger charge is 2.16. The molecule has 1 saturated heterocycles. The highest BCUT2D eigenvalue weighted by Crippen LogP contribution is 2.27. The molecule has 1 fully saturated rings. The van der Waals surface area contributed by atoms with Crippen molar-refractivity contribution in [3.8, 4) is 0 Å². The first kappa shape index (κ1) is 10.8. The van der Waals surface area contributed by atoms with Crippen molar-refractivity contribution in [1.82, 2.24) is 10.6 Å². The molecule has 2 nitrogen and oxygen atoms in total. The van der Waals surface area contributed by atoms with Crippen LogP contribution in [0.1, 0.15) is 17.2 Å². The second-order valence-corrected chi connectivity index (χ2v) is 4.73. The van der Waals surface area contributed by atoms with E-state index in [0.29, 0.717) is 6.04 Å². The van der Waals surface area contributed by atoms with Crippen LogP contribution in [0.25, 0.3) is 10.8 Å². The summed E-state index contributed by atoms with van der Waals surface area (Å²) in [4.78, 5) is 0. The molecular weight excluding hydrogens is 208 g/mol. The summed E-state index contributed by atoms with van der Waals surface area (Å²) >= 11 is 0. The SMILES string of the molecule is Cc1ccc([C@H]2CNCCN2)c2ccccc12. The lowest BCUT2D eigenvalue weighted by Gasteiger charge is -2.26. The Morgan fingerprint density at radius 3 is 2.59 bits per heavy atom. The van der Waals surface area contributed by atoms with Crippen molar-refractivity contribution >= 4 is 10.8 Å². The lowest BCUT2D eigenvalue weighted by Crippen LogP contribution is -2.42. The first-order valence-corrected chi connectivity index (χ1v) is 6.28. The highest BCUT2D eigenvalue weighted by molar-refractivity contribution is 5.88. The monoisotopic (exact) mass is 226 g/mol. The molecule has 0 bridgehead atoms. The molecule has 0 saturated carbocycles. The maximum absolute atomic E-state index is 3.58. The third-order valence-corrected chi connectivity index (χ3v) is 3.59. The molecule has 2 heteroatoms. The molecule has 0 aliphatic carbocycles. The average Bonchev–Trinajstić information content (AvgIpc) is 2.41. The normalized spacial score (nSPS) is 20.6. The van der Waals surface area contributed by atoms with E-state index in [1.807, 2.05) is 0 Å². The zero-order valence-electron chi connectivity index (χ0n) is 10.2. The first-order chi connectivity index (χ1) is 8.36. The van der Waals surface area contributed by atoms with Crippen LogP contribution < -0.4 is 10.6 Å². The van der Waals surface area contributed by atoms with Crippen LogP contribution in [0.4, 0.5) is 0 Å². The number of benzene rings is 2. The Balaban J connectivity index is 2.12. The quantitative estimate of drug-likeness (QED) is 0.780. The fraction of sp³-hybridized carbons (Fsp3) is 0.333. The van der Waals surface area contributed by atoms with Gasteiger partial charge in [-0.2, -0.15) is 0 Å². The van der Waals surface area contributed by atoms with E-state index >= 15 is 0 Å². The molecular formula is C15H18N2. The fourth-order valence-electron chi connectivity index (χ4n) is 2.65. The zero-order valence-corrected chi connectivity index (χ0v) is 10.2. The van der Waals surface area contributed by atoms with Crippen molar-refractivity contribution in [2.24, 2.45) is 0 Å². The largest absolute Gasteiger partial charge is 0.314 e. The number of hydrogen-bond acceptors (Lipinski definition) is 2. The van der Waals surface area contributed by atoms with Gasteiger partial charge in [0.1, 0.15) is 0 Å².